The number of benzene rings is 1. The highest BCUT2D eigenvalue weighted by Gasteiger charge is 2.40. The summed E-state index contributed by atoms with van der Waals surface area (Å²) < 4.78 is 88.1. The predicted octanol–water partition coefficient (Wildman–Crippen LogP) is 1.09. The van der Waals surface area contributed by atoms with Crippen molar-refractivity contribution in [2.75, 3.05) is 6.54 Å². The highest BCUT2D eigenvalue weighted by atomic mass is 31.2. The van der Waals surface area contributed by atoms with Crippen LogP contribution in [-0.2, 0) is 35.0 Å². The Hall–Kier alpha value is -2.52. The third-order valence-electron chi connectivity index (χ3n) is 4.37. The molecule has 1 atom stereocenters. The van der Waals surface area contributed by atoms with Gasteiger partial charge >= 0.3 is 14.0 Å². The number of hydrogen-bond donors (Lipinski definition) is 4. The standard InChI is InChI=1S/C16H15F6N5O.H3O4P/c17-10-6-12(19)11(18)4-8(10)3-9(23)5-14(28)26-1-2-27-13(7-26)24-25-15(27)16(20,21)22;1-5(2,3)4/h4,6,9H,1-3,5,7,23H2;(H3,1,2,3,4)/t9-;/m1./s1. The summed E-state index contributed by atoms with van der Waals surface area (Å²) in [6.45, 7) is -0.302. The van der Waals surface area contributed by atoms with Gasteiger partial charge in [-0.3, -0.25) is 4.79 Å². The summed E-state index contributed by atoms with van der Waals surface area (Å²) in [5, 5.41) is 6.60. The van der Waals surface area contributed by atoms with Crippen LogP contribution in [0.15, 0.2) is 12.1 Å². The minimum Gasteiger partial charge on any atom is -0.333 e. The van der Waals surface area contributed by atoms with Crippen LogP contribution in [0.3, 0.4) is 0 Å². The van der Waals surface area contributed by atoms with Crippen LogP contribution in [0.5, 0.6) is 0 Å². The van der Waals surface area contributed by atoms with Crippen LogP contribution in [0.1, 0.15) is 23.6 Å². The smallest absolute Gasteiger partial charge is 0.333 e. The van der Waals surface area contributed by atoms with Gasteiger partial charge in [-0.25, -0.2) is 17.7 Å². The summed E-state index contributed by atoms with van der Waals surface area (Å²) in [4.78, 5) is 35.2. The van der Waals surface area contributed by atoms with Crippen LogP contribution < -0.4 is 5.73 Å². The number of nitrogens with zero attached hydrogens (tertiary/aromatic N) is 4. The first-order chi connectivity index (χ1) is 15.1. The molecule has 2 aromatic rings. The molecule has 0 spiro atoms. The van der Waals surface area contributed by atoms with Crippen molar-refractivity contribution in [2.45, 2.75) is 38.1 Å². The van der Waals surface area contributed by atoms with Gasteiger partial charge in [-0.1, -0.05) is 0 Å². The summed E-state index contributed by atoms with van der Waals surface area (Å²) in [7, 11) is -4.64. The summed E-state index contributed by atoms with van der Waals surface area (Å²) in [5.41, 5.74) is 5.64. The largest absolute Gasteiger partial charge is 0.466 e. The number of aromatic nitrogens is 3. The lowest BCUT2D eigenvalue weighted by molar-refractivity contribution is -0.148. The van der Waals surface area contributed by atoms with Crippen molar-refractivity contribution < 1.29 is 50.4 Å². The molecule has 33 heavy (non-hydrogen) atoms. The Morgan fingerprint density at radius 3 is 2.24 bits per heavy atom. The Labute approximate surface area is 181 Å². The first-order valence-electron chi connectivity index (χ1n) is 9.00. The zero-order valence-electron chi connectivity index (χ0n) is 16.5. The summed E-state index contributed by atoms with van der Waals surface area (Å²) in [6, 6.07) is 0.184. The first kappa shape index (κ1) is 26.7. The van der Waals surface area contributed by atoms with Crippen LogP contribution in [0.2, 0.25) is 0 Å². The second-order valence-corrected chi connectivity index (χ2v) is 7.97. The fourth-order valence-corrected chi connectivity index (χ4v) is 3.01. The zero-order valence-corrected chi connectivity index (χ0v) is 17.4. The van der Waals surface area contributed by atoms with E-state index in [0.717, 1.165) is 4.57 Å². The van der Waals surface area contributed by atoms with E-state index in [9.17, 15) is 31.1 Å². The predicted molar refractivity (Wildman–Crippen MR) is 97.3 cm³/mol. The van der Waals surface area contributed by atoms with E-state index in [2.05, 4.69) is 10.2 Å². The van der Waals surface area contributed by atoms with Gasteiger partial charge in [0.25, 0.3) is 0 Å². The van der Waals surface area contributed by atoms with Gasteiger partial charge in [0, 0.05) is 31.6 Å². The Balaban J connectivity index is 0.000000696. The molecule has 5 N–H and O–H groups in total. The minimum atomic E-state index is -4.64. The molecule has 0 unspecified atom stereocenters. The van der Waals surface area contributed by atoms with Crippen LogP contribution in [-0.4, -0.2) is 52.8 Å². The number of halogens is 6. The molecule has 0 saturated heterocycles. The lowest BCUT2D eigenvalue weighted by Gasteiger charge is -2.29. The number of alkyl halides is 3. The molecule has 1 aliphatic heterocycles. The molecule has 0 radical (unpaired) electrons. The quantitative estimate of drug-likeness (QED) is 0.274. The first-order valence-corrected chi connectivity index (χ1v) is 10.6. The van der Waals surface area contributed by atoms with Crippen molar-refractivity contribution in [2.24, 2.45) is 5.73 Å². The third-order valence-corrected chi connectivity index (χ3v) is 4.37. The normalized spacial score (nSPS) is 14.9. The average Bonchev–Trinajstić information content (AvgIpc) is 3.08. The van der Waals surface area contributed by atoms with E-state index < -0.39 is 49.2 Å². The Morgan fingerprint density at radius 2 is 1.67 bits per heavy atom. The highest BCUT2D eigenvalue weighted by Crippen LogP contribution is 2.29. The second kappa shape index (κ2) is 10.2. The summed E-state index contributed by atoms with van der Waals surface area (Å²) in [5.74, 6) is -5.15. The van der Waals surface area contributed by atoms with Crippen LogP contribution in [0.4, 0.5) is 26.3 Å². The number of fused-ring (bicyclic) bond motifs is 1. The van der Waals surface area contributed by atoms with Crippen LogP contribution in [0.25, 0.3) is 0 Å². The van der Waals surface area contributed by atoms with Crippen molar-refractivity contribution in [1.82, 2.24) is 19.7 Å². The van der Waals surface area contributed by atoms with E-state index in [1.165, 1.54) is 4.90 Å². The highest BCUT2D eigenvalue weighted by molar-refractivity contribution is 7.45. The number of amides is 1. The molecular formula is C16H18F6N5O5P. The number of rotatable bonds is 4. The van der Waals surface area contributed by atoms with Crippen LogP contribution in [0, 0.1) is 17.5 Å². The van der Waals surface area contributed by atoms with E-state index in [-0.39, 0.29) is 43.9 Å². The maximum Gasteiger partial charge on any atom is 0.466 e. The molecule has 1 aliphatic rings. The zero-order chi connectivity index (χ0) is 25.1. The lowest BCUT2D eigenvalue weighted by atomic mass is 10.0. The van der Waals surface area contributed by atoms with E-state index >= 15 is 0 Å². The van der Waals surface area contributed by atoms with Gasteiger partial charge in [0.05, 0.1) is 6.54 Å². The van der Waals surface area contributed by atoms with Gasteiger partial charge in [-0.2, -0.15) is 13.2 Å². The molecule has 0 bridgehead atoms. The van der Waals surface area contributed by atoms with Crippen molar-refractivity contribution >= 4 is 13.7 Å². The summed E-state index contributed by atoms with van der Waals surface area (Å²) in [6.07, 6.45) is -5.11. The molecule has 1 aromatic heterocycles. The molecule has 0 fully saturated rings. The van der Waals surface area contributed by atoms with Crippen molar-refractivity contribution in [1.29, 1.82) is 0 Å². The molecular weight excluding hydrogens is 487 g/mol. The fourth-order valence-electron chi connectivity index (χ4n) is 3.01. The Kier molecular flexibility index (Phi) is 8.24. The third kappa shape index (κ3) is 7.78. The van der Waals surface area contributed by atoms with Gasteiger partial charge in [-0.05, 0) is 18.1 Å². The molecule has 184 valence electrons. The summed E-state index contributed by atoms with van der Waals surface area (Å²) >= 11 is 0. The lowest BCUT2D eigenvalue weighted by Crippen LogP contribution is -2.42. The van der Waals surface area contributed by atoms with E-state index in [0.29, 0.717) is 12.1 Å². The monoisotopic (exact) mass is 505 g/mol. The van der Waals surface area contributed by atoms with Gasteiger partial charge in [0.15, 0.2) is 17.5 Å². The number of carbonyl (C=O) groups excluding carboxylic acids is 1. The molecule has 3 rings (SSSR count). The van der Waals surface area contributed by atoms with Crippen molar-refractivity contribution in [3.05, 3.63) is 46.8 Å². The van der Waals surface area contributed by atoms with Gasteiger partial charge in [-0.15, -0.1) is 10.2 Å². The number of phosphoric acid groups is 1. The van der Waals surface area contributed by atoms with Crippen LogP contribution >= 0.6 is 7.82 Å². The Bertz CT molecular complexity index is 1050. The molecule has 2 heterocycles. The molecule has 1 aromatic carbocycles. The van der Waals surface area contributed by atoms with Gasteiger partial charge < -0.3 is 29.9 Å². The average molecular weight is 505 g/mol. The second-order valence-electron chi connectivity index (χ2n) is 6.94. The molecule has 0 aliphatic carbocycles. The van der Waals surface area contributed by atoms with E-state index in [1.54, 1.807) is 0 Å². The van der Waals surface area contributed by atoms with Crippen molar-refractivity contribution in [3.63, 3.8) is 0 Å². The minimum absolute atomic E-state index is 0.000783. The van der Waals surface area contributed by atoms with E-state index in [1.807, 2.05) is 0 Å². The molecule has 0 saturated carbocycles. The van der Waals surface area contributed by atoms with E-state index in [4.69, 9.17) is 25.0 Å². The van der Waals surface area contributed by atoms with Gasteiger partial charge in [0.2, 0.25) is 11.7 Å². The maximum atomic E-state index is 13.7. The topological polar surface area (TPSA) is 155 Å². The van der Waals surface area contributed by atoms with Gasteiger partial charge in [0.1, 0.15) is 5.82 Å². The Morgan fingerprint density at radius 1 is 1.09 bits per heavy atom. The molecule has 10 nitrogen and oxygen atoms in total. The number of nitrogens with two attached hydrogens (primary N) is 1. The van der Waals surface area contributed by atoms with Crippen molar-refractivity contribution in [3.8, 4) is 0 Å². The number of carbonyl (C=O) groups is 1. The maximum absolute atomic E-state index is 13.7. The SMILES string of the molecule is N[C@@H](CC(=O)N1CCn2c(nnc2C(F)(F)F)C1)Cc1cc(F)c(F)cc1F.O=P(O)(O)O. The molecule has 17 heteroatoms. The number of hydrogen-bond acceptors (Lipinski definition) is 5. The fraction of sp³-hybridized carbons (Fsp3) is 0.438. The molecule has 1 amide bonds.